The molecule has 4 rings (SSSR count). The maximum Gasteiger partial charge on any atom is 0.273 e. The van der Waals surface area contributed by atoms with Gasteiger partial charge in [0, 0.05) is 22.5 Å². The lowest BCUT2D eigenvalue weighted by Gasteiger charge is -2.08. The summed E-state index contributed by atoms with van der Waals surface area (Å²) in [5, 5.41) is 12.0. The van der Waals surface area contributed by atoms with Crippen molar-refractivity contribution in [1.29, 1.82) is 0 Å². The molecule has 0 radical (unpaired) electrons. The maximum atomic E-state index is 12.8. The molecule has 0 fully saturated rings. The monoisotopic (exact) mass is 402 g/mol. The third-order valence-corrected chi connectivity index (χ3v) is 4.56. The molecule has 0 saturated heterocycles. The van der Waals surface area contributed by atoms with Crippen molar-refractivity contribution in [3.05, 3.63) is 71.0 Å². The highest BCUT2D eigenvalue weighted by molar-refractivity contribution is 5.99. The minimum Gasteiger partial charge on any atom is -0.399 e. The van der Waals surface area contributed by atoms with Gasteiger partial charge in [-0.3, -0.25) is 9.59 Å². The second-order valence-electron chi connectivity index (χ2n) is 6.72. The summed E-state index contributed by atoms with van der Waals surface area (Å²) in [6, 6.07) is 13.1. The molecule has 0 unspecified atom stereocenters. The largest absolute Gasteiger partial charge is 0.399 e. The van der Waals surface area contributed by atoms with Gasteiger partial charge in [0.1, 0.15) is 0 Å². The van der Waals surface area contributed by atoms with Gasteiger partial charge in [-0.05, 0) is 48.5 Å². The van der Waals surface area contributed by atoms with Gasteiger partial charge in [0.15, 0.2) is 11.6 Å². The number of aromatic nitrogens is 5. The number of benzene rings is 2. The van der Waals surface area contributed by atoms with E-state index in [-0.39, 0.29) is 36.1 Å². The van der Waals surface area contributed by atoms with Crippen molar-refractivity contribution >= 4 is 34.7 Å². The van der Waals surface area contributed by atoms with Gasteiger partial charge in [0.05, 0.1) is 24.2 Å². The topological polar surface area (TPSA) is 168 Å². The van der Waals surface area contributed by atoms with Crippen molar-refractivity contribution in [2.24, 2.45) is 0 Å². The molecule has 0 aliphatic heterocycles. The molecule has 0 saturated carbocycles. The minimum atomic E-state index is -0.198. The first kappa shape index (κ1) is 19.0. The van der Waals surface area contributed by atoms with E-state index in [1.807, 2.05) is 0 Å². The second kappa shape index (κ2) is 7.59. The third-order valence-electron chi connectivity index (χ3n) is 4.56. The molecular formula is C20H18N8O2. The smallest absolute Gasteiger partial charge is 0.273 e. The van der Waals surface area contributed by atoms with E-state index in [1.165, 1.54) is 4.52 Å². The number of anilines is 3. The Morgan fingerprint density at radius 1 is 0.733 bits per heavy atom. The van der Waals surface area contributed by atoms with Gasteiger partial charge in [0.25, 0.3) is 5.78 Å². The molecule has 2 aromatic carbocycles. The lowest BCUT2D eigenvalue weighted by molar-refractivity contribution is 0.0976. The van der Waals surface area contributed by atoms with Gasteiger partial charge in [-0.25, -0.2) is 4.98 Å². The summed E-state index contributed by atoms with van der Waals surface area (Å²) in [7, 11) is 0. The van der Waals surface area contributed by atoms with Crippen LogP contribution in [0.15, 0.2) is 48.5 Å². The summed E-state index contributed by atoms with van der Waals surface area (Å²) in [4.78, 5) is 29.9. The van der Waals surface area contributed by atoms with Crippen molar-refractivity contribution in [1.82, 2.24) is 24.8 Å². The van der Waals surface area contributed by atoms with Gasteiger partial charge in [-0.1, -0.05) is 0 Å². The minimum absolute atomic E-state index is 0.0371. The fraction of sp³-hybridized carbons (Fsp3) is 0.100. The first-order valence-corrected chi connectivity index (χ1v) is 9.05. The number of carbonyl (C=O) groups excluding carboxylic acids is 2. The Kier molecular flexibility index (Phi) is 4.80. The molecule has 2 aromatic heterocycles. The van der Waals surface area contributed by atoms with Crippen molar-refractivity contribution in [2.75, 3.05) is 17.2 Å². The molecule has 4 aromatic rings. The highest BCUT2D eigenvalue weighted by atomic mass is 16.1. The van der Waals surface area contributed by atoms with E-state index in [1.54, 1.807) is 48.5 Å². The Hall–Kier alpha value is -4.34. The summed E-state index contributed by atoms with van der Waals surface area (Å²) < 4.78 is 1.24. The molecule has 0 bridgehead atoms. The van der Waals surface area contributed by atoms with Crippen LogP contribution in [-0.2, 0) is 12.8 Å². The molecule has 10 nitrogen and oxygen atoms in total. The van der Waals surface area contributed by atoms with Crippen molar-refractivity contribution < 1.29 is 9.59 Å². The molecule has 150 valence electrons. The highest BCUT2D eigenvalue weighted by Gasteiger charge is 2.19. The normalized spacial score (nSPS) is 10.9. The van der Waals surface area contributed by atoms with Gasteiger partial charge in [0.2, 0.25) is 5.95 Å². The molecular weight excluding hydrogens is 384 g/mol. The van der Waals surface area contributed by atoms with Crippen LogP contribution in [0.4, 0.5) is 17.3 Å². The fourth-order valence-corrected chi connectivity index (χ4v) is 2.94. The molecule has 0 spiro atoms. The Balaban J connectivity index is 1.68. The number of ketones is 2. The van der Waals surface area contributed by atoms with E-state index in [4.69, 9.17) is 17.2 Å². The molecule has 10 heteroatoms. The molecule has 0 aliphatic carbocycles. The third kappa shape index (κ3) is 3.78. The molecule has 0 amide bonds. The van der Waals surface area contributed by atoms with Crippen LogP contribution in [0.1, 0.15) is 32.1 Å². The number of Topliss-reactive ketones (excluding diaryl/α,β-unsaturated/α-hetero) is 2. The number of rotatable bonds is 6. The number of hydrogen-bond acceptors (Lipinski definition) is 9. The maximum absolute atomic E-state index is 12.8. The van der Waals surface area contributed by atoms with Gasteiger partial charge < -0.3 is 17.2 Å². The fourth-order valence-electron chi connectivity index (χ4n) is 2.94. The van der Waals surface area contributed by atoms with Crippen LogP contribution >= 0.6 is 0 Å². The summed E-state index contributed by atoms with van der Waals surface area (Å²) in [5.74, 6) is -0.204. The lowest BCUT2D eigenvalue weighted by Crippen LogP contribution is -2.16. The van der Waals surface area contributed by atoms with E-state index in [2.05, 4.69) is 20.3 Å². The zero-order chi connectivity index (χ0) is 21.3. The molecule has 0 atom stereocenters. The number of nitrogens with two attached hydrogens (primary N) is 3. The summed E-state index contributed by atoms with van der Waals surface area (Å²) in [6.07, 6.45) is -0.140. The SMILES string of the molecule is Nc1ccc(C(=O)Cc2nc3nnc(N)n3nc2CC(=O)c2ccc(N)cc2)cc1. The molecule has 6 N–H and O–H groups in total. The van der Waals surface area contributed by atoms with Crippen LogP contribution in [0.5, 0.6) is 0 Å². The first-order chi connectivity index (χ1) is 14.4. The standard InChI is InChI=1S/C20H18N8O2/c21-13-5-1-11(2-6-13)17(29)9-15-16(27-28-19(23)25-26-20(28)24-15)10-18(30)12-3-7-14(22)8-4-12/h1-8H,9-10,21-22H2,(H2,23,25). The summed E-state index contributed by atoms with van der Waals surface area (Å²) in [5.41, 5.74) is 19.8. The molecule has 2 heterocycles. The average Bonchev–Trinajstić information content (AvgIpc) is 3.09. The molecule has 30 heavy (non-hydrogen) atoms. The van der Waals surface area contributed by atoms with E-state index < -0.39 is 0 Å². The van der Waals surface area contributed by atoms with Crippen molar-refractivity contribution in [2.45, 2.75) is 12.8 Å². The van der Waals surface area contributed by atoms with E-state index >= 15 is 0 Å². The van der Waals surface area contributed by atoms with Gasteiger partial charge in [-0.2, -0.15) is 9.61 Å². The van der Waals surface area contributed by atoms with E-state index in [0.717, 1.165) is 0 Å². The Labute approximate surface area is 170 Å². The highest BCUT2D eigenvalue weighted by Crippen LogP contribution is 2.16. The summed E-state index contributed by atoms with van der Waals surface area (Å²) in [6.45, 7) is 0. The average molecular weight is 402 g/mol. The Morgan fingerprint density at radius 3 is 1.77 bits per heavy atom. The van der Waals surface area contributed by atoms with Crippen molar-refractivity contribution in [3.63, 3.8) is 0 Å². The second-order valence-corrected chi connectivity index (χ2v) is 6.72. The van der Waals surface area contributed by atoms with Crippen molar-refractivity contribution in [3.8, 4) is 0 Å². The number of carbonyl (C=O) groups is 2. The van der Waals surface area contributed by atoms with Gasteiger partial charge >= 0.3 is 0 Å². The predicted octanol–water partition coefficient (Wildman–Crippen LogP) is 1.12. The Bertz CT molecular complexity index is 1250. The van der Waals surface area contributed by atoms with Crippen LogP contribution in [-0.4, -0.2) is 36.4 Å². The first-order valence-electron chi connectivity index (χ1n) is 9.05. The number of hydrogen-bond donors (Lipinski definition) is 3. The zero-order valence-electron chi connectivity index (χ0n) is 15.8. The number of nitrogen functional groups attached to an aromatic ring is 3. The van der Waals surface area contributed by atoms with E-state index in [9.17, 15) is 9.59 Å². The van der Waals surface area contributed by atoms with Crippen LogP contribution in [0, 0.1) is 0 Å². The summed E-state index contributed by atoms with van der Waals surface area (Å²) >= 11 is 0. The van der Waals surface area contributed by atoms with Crippen LogP contribution in [0.2, 0.25) is 0 Å². The predicted molar refractivity (Wildman–Crippen MR) is 111 cm³/mol. The lowest BCUT2D eigenvalue weighted by atomic mass is 10.0. The quantitative estimate of drug-likeness (QED) is 0.316. The van der Waals surface area contributed by atoms with Gasteiger partial charge in [-0.15, -0.1) is 10.2 Å². The number of nitrogens with zero attached hydrogens (tertiary/aromatic N) is 5. The molecule has 0 aliphatic rings. The van der Waals surface area contributed by atoms with E-state index in [0.29, 0.717) is 33.9 Å². The van der Waals surface area contributed by atoms with Crippen LogP contribution in [0.3, 0.4) is 0 Å². The van der Waals surface area contributed by atoms with Crippen LogP contribution in [0.25, 0.3) is 5.78 Å². The zero-order valence-corrected chi connectivity index (χ0v) is 15.8. The number of fused-ring (bicyclic) bond motifs is 1. The van der Waals surface area contributed by atoms with Crippen LogP contribution < -0.4 is 17.2 Å². The Morgan fingerprint density at radius 2 is 1.23 bits per heavy atom.